The van der Waals surface area contributed by atoms with Crippen LogP contribution in [0.3, 0.4) is 0 Å². The number of anilines is 1. The van der Waals surface area contributed by atoms with E-state index >= 15 is 0 Å². The molecule has 156 valence electrons. The van der Waals surface area contributed by atoms with Crippen molar-refractivity contribution in [1.82, 2.24) is 4.31 Å². The molecular weight excluding hydrogens is 476 g/mol. The van der Waals surface area contributed by atoms with Crippen molar-refractivity contribution in [2.75, 3.05) is 25.5 Å². The lowest BCUT2D eigenvalue weighted by atomic mass is 10.1. The fraction of sp³-hybridized carbons (Fsp3) is 0.333. The predicted octanol–water partition coefficient (Wildman–Crippen LogP) is 6.27. The summed E-state index contributed by atoms with van der Waals surface area (Å²) < 4.78 is 7.93. The molecule has 8 heteroatoms. The van der Waals surface area contributed by atoms with E-state index in [2.05, 4.69) is 39.4 Å². The molecule has 29 heavy (non-hydrogen) atoms. The van der Waals surface area contributed by atoms with Gasteiger partial charge in [0.1, 0.15) is 0 Å². The molecule has 0 unspecified atom stereocenters. The number of methoxy groups -OCH3 is 1. The molecule has 0 saturated carbocycles. The van der Waals surface area contributed by atoms with Gasteiger partial charge in [-0.15, -0.1) is 0 Å². The molecular formula is C21H24BrClN2O3S. The number of carbonyl (C=O) groups excluding carboxylic acids is 2. The van der Waals surface area contributed by atoms with E-state index in [9.17, 15) is 9.59 Å². The molecule has 0 radical (unpaired) electrons. The Balaban J connectivity index is 2.19. The van der Waals surface area contributed by atoms with Gasteiger partial charge in [0.2, 0.25) is 0 Å². The number of hydrogen-bond acceptors (Lipinski definition) is 5. The number of rotatable bonds is 9. The van der Waals surface area contributed by atoms with Crippen molar-refractivity contribution in [1.29, 1.82) is 0 Å². The molecule has 2 rings (SSSR count). The second-order valence-electron chi connectivity index (χ2n) is 6.30. The Morgan fingerprint density at radius 1 is 1.14 bits per heavy atom. The molecule has 0 fully saturated rings. The maximum absolute atomic E-state index is 12.7. The van der Waals surface area contributed by atoms with Crippen LogP contribution < -0.4 is 5.32 Å². The zero-order valence-corrected chi connectivity index (χ0v) is 19.8. The van der Waals surface area contributed by atoms with Crippen molar-refractivity contribution in [3.63, 3.8) is 0 Å². The first kappa shape index (κ1) is 23.7. The smallest absolute Gasteiger partial charge is 0.340 e. The van der Waals surface area contributed by atoms with Crippen LogP contribution in [0.4, 0.5) is 5.69 Å². The number of nitrogens with one attached hydrogen (secondary N) is 1. The van der Waals surface area contributed by atoms with Gasteiger partial charge in [-0.3, -0.25) is 4.79 Å². The van der Waals surface area contributed by atoms with Crippen molar-refractivity contribution in [2.45, 2.75) is 31.6 Å². The van der Waals surface area contributed by atoms with Gasteiger partial charge in [0.15, 0.2) is 0 Å². The van der Waals surface area contributed by atoms with E-state index in [1.165, 1.54) is 13.2 Å². The van der Waals surface area contributed by atoms with Crippen molar-refractivity contribution in [2.24, 2.45) is 0 Å². The van der Waals surface area contributed by atoms with Crippen LogP contribution in [0.1, 0.15) is 47.4 Å². The van der Waals surface area contributed by atoms with E-state index in [0.717, 1.165) is 35.3 Å². The quantitative estimate of drug-likeness (QED) is 0.325. The number of benzene rings is 2. The second kappa shape index (κ2) is 11.6. The summed E-state index contributed by atoms with van der Waals surface area (Å²) >= 11 is 11.2. The maximum Gasteiger partial charge on any atom is 0.340 e. The third-order valence-electron chi connectivity index (χ3n) is 4.00. The van der Waals surface area contributed by atoms with Gasteiger partial charge in [-0.25, -0.2) is 9.10 Å². The van der Waals surface area contributed by atoms with Gasteiger partial charge < -0.3 is 10.1 Å². The Bertz CT molecular complexity index is 873. The first-order chi connectivity index (χ1) is 13.9. The molecule has 0 atom stereocenters. The van der Waals surface area contributed by atoms with E-state index in [1.807, 2.05) is 6.07 Å². The Morgan fingerprint density at radius 2 is 1.83 bits per heavy atom. The average Bonchev–Trinajstić information content (AvgIpc) is 2.70. The first-order valence-electron chi connectivity index (χ1n) is 9.31. The lowest BCUT2D eigenvalue weighted by molar-refractivity contribution is 0.0602. The fourth-order valence-electron chi connectivity index (χ4n) is 2.66. The normalized spacial score (nSPS) is 10.8. The van der Waals surface area contributed by atoms with Crippen LogP contribution in [0.15, 0.2) is 45.8 Å². The molecule has 0 aliphatic rings. The molecule has 0 aromatic heterocycles. The summed E-state index contributed by atoms with van der Waals surface area (Å²) in [6.07, 6.45) is 2.16. The highest BCUT2D eigenvalue weighted by Crippen LogP contribution is 2.31. The average molecular weight is 500 g/mol. The summed E-state index contributed by atoms with van der Waals surface area (Å²) in [6.45, 7) is 6.32. The van der Waals surface area contributed by atoms with Gasteiger partial charge in [0.25, 0.3) is 5.91 Å². The lowest BCUT2D eigenvalue weighted by Gasteiger charge is -2.20. The van der Waals surface area contributed by atoms with Crippen molar-refractivity contribution in [3.8, 4) is 0 Å². The minimum absolute atomic E-state index is 0.203. The fourth-order valence-corrected chi connectivity index (χ4v) is 4.52. The second-order valence-corrected chi connectivity index (χ2v) is 8.73. The molecule has 1 N–H and O–H groups in total. The number of esters is 1. The number of amides is 1. The zero-order valence-electron chi connectivity index (χ0n) is 16.6. The van der Waals surface area contributed by atoms with Gasteiger partial charge in [0, 0.05) is 33.0 Å². The molecule has 0 saturated heterocycles. The number of carbonyl (C=O) groups is 2. The van der Waals surface area contributed by atoms with Gasteiger partial charge in [0.05, 0.1) is 18.4 Å². The van der Waals surface area contributed by atoms with Gasteiger partial charge >= 0.3 is 5.97 Å². The summed E-state index contributed by atoms with van der Waals surface area (Å²) in [6, 6.07) is 10.1. The highest BCUT2D eigenvalue weighted by atomic mass is 79.9. The Morgan fingerprint density at radius 3 is 2.41 bits per heavy atom. The number of halogens is 2. The van der Waals surface area contributed by atoms with Crippen LogP contribution in [-0.2, 0) is 4.74 Å². The van der Waals surface area contributed by atoms with Crippen molar-refractivity contribution in [3.05, 3.63) is 57.0 Å². The zero-order chi connectivity index (χ0) is 21.4. The predicted molar refractivity (Wildman–Crippen MR) is 123 cm³/mol. The van der Waals surface area contributed by atoms with E-state index in [1.54, 1.807) is 36.2 Å². The van der Waals surface area contributed by atoms with Crippen LogP contribution in [-0.4, -0.2) is 36.4 Å². The Kier molecular flexibility index (Phi) is 9.49. The number of hydrogen-bond donors (Lipinski definition) is 1. The third-order valence-corrected chi connectivity index (χ3v) is 6.33. The molecule has 0 spiro atoms. The molecule has 2 aromatic carbocycles. The standard InChI is InChI=1S/C21H24BrClN2O3S/c1-4-10-25(11-5-2)29-19-9-6-14(12-17(19)22)20(26)24-18-8-7-15(23)13-16(18)21(27)28-3/h6-9,12-13H,4-5,10-11H2,1-3H3,(H,24,26). The van der Waals surface area contributed by atoms with E-state index in [4.69, 9.17) is 16.3 Å². The van der Waals surface area contributed by atoms with Crippen molar-refractivity contribution < 1.29 is 14.3 Å². The van der Waals surface area contributed by atoms with Crippen LogP contribution >= 0.6 is 39.5 Å². The summed E-state index contributed by atoms with van der Waals surface area (Å²) in [5.41, 5.74) is 1.02. The third kappa shape index (κ3) is 6.74. The maximum atomic E-state index is 12.7. The largest absolute Gasteiger partial charge is 0.465 e. The number of ether oxygens (including phenoxy) is 1. The van der Waals surface area contributed by atoms with Gasteiger partial charge in [-0.1, -0.05) is 25.4 Å². The molecule has 0 aliphatic carbocycles. The summed E-state index contributed by atoms with van der Waals surface area (Å²) in [4.78, 5) is 25.7. The van der Waals surface area contributed by atoms with Crippen LogP contribution in [0, 0.1) is 0 Å². The minimum Gasteiger partial charge on any atom is -0.465 e. The monoisotopic (exact) mass is 498 g/mol. The highest BCUT2D eigenvalue weighted by molar-refractivity contribution is 9.10. The molecule has 5 nitrogen and oxygen atoms in total. The Hall–Kier alpha value is -1.54. The molecule has 2 aromatic rings. The summed E-state index contributed by atoms with van der Waals surface area (Å²) in [5.74, 6) is -0.892. The topological polar surface area (TPSA) is 58.6 Å². The first-order valence-corrected chi connectivity index (χ1v) is 11.3. The molecule has 0 heterocycles. The number of nitrogens with zero attached hydrogens (tertiary/aromatic N) is 1. The van der Waals surface area contributed by atoms with Crippen molar-refractivity contribution >= 4 is 57.0 Å². The SMILES string of the molecule is CCCN(CCC)Sc1ccc(C(=O)Nc2ccc(Cl)cc2C(=O)OC)cc1Br. The van der Waals surface area contributed by atoms with E-state index < -0.39 is 5.97 Å². The minimum atomic E-state index is -0.567. The lowest BCUT2D eigenvalue weighted by Crippen LogP contribution is -2.17. The summed E-state index contributed by atoms with van der Waals surface area (Å²) in [7, 11) is 1.28. The highest BCUT2D eigenvalue weighted by Gasteiger charge is 2.17. The summed E-state index contributed by atoms with van der Waals surface area (Å²) in [5, 5.41) is 3.15. The Labute approximate surface area is 189 Å². The van der Waals surface area contributed by atoms with Crippen LogP contribution in [0.5, 0.6) is 0 Å². The van der Waals surface area contributed by atoms with Crippen LogP contribution in [0.25, 0.3) is 0 Å². The van der Waals surface area contributed by atoms with Crippen LogP contribution in [0.2, 0.25) is 5.02 Å². The van der Waals surface area contributed by atoms with Gasteiger partial charge in [-0.05, 0) is 77.1 Å². The molecule has 0 bridgehead atoms. The van der Waals surface area contributed by atoms with Gasteiger partial charge in [-0.2, -0.15) is 0 Å². The molecule has 0 aliphatic heterocycles. The van der Waals surface area contributed by atoms with E-state index in [-0.39, 0.29) is 11.5 Å². The van der Waals surface area contributed by atoms with E-state index in [0.29, 0.717) is 16.3 Å². The molecule has 1 amide bonds.